The molecule has 0 saturated carbocycles. The summed E-state index contributed by atoms with van der Waals surface area (Å²) in [5.41, 5.74) is 2.39. The minimum Gasteiger partial charge on any atom is -0.383 e. The minimum atomic E-state index is 0.559. The van der Waals surface area contributed by atoms with E-state index in [1.165, 1.54) is 10.5 Å². The van der Waals surface area contributed by atoms with Crippen LogP contribution >= 0.6 is 35.0 Å². The summed E-state index contributed by atoms with van der Waals surface area (Å²) >= 11 is 14.0. The first-order chi connectivity index (χ1) is 9.22. The molecule has 1 unspecified atom stereocenters. The van der Waals surface area contributed by atoms with Crippen molar-refractivity contribution in [2.24, 2.45) is 0 Å². The van der Waals surface area contributed by atoms with Crippen LogP contribution in [0.1, 0.15) is 5.56 Å². The number of nitrogens with one attached hydrogen (secondary N) is 1. The van der Waals surface area contributed by atoms with E-state index in [0.29, 0.717) is 15.3 Å². The van der Waals surface area contributed by atoms with Crippen LogP contribution in [0.4, 0.5) is 5.69 Å². The van der Waals surface area contributed by atoms with Crippen molar-refractivity contribution < 1.29 is 0 Å². The van der Waals surface area contributed by atoms with Gasteiger partial charge in [0.1, 0.15) is 0 Å². The molecule has 4 heteroatoms. The molecule has 0 amide bonds. The number of rotatable bonds is 3. The molecule has 0 aromatic heterocycles. The van der Waals surface area contributed by atoms with Gasteiger partial charge in [-0.1, -0.05) is 41.4 Å². The molecule has 0 radical (unpaired) electrons. The average molecular weight is 310 g/mol. The highest BCUT2D eigenvalue weighted by Crippen LogP contribution is 2.37. The summed E-state index contributed by atoms with van der Waals surface area (Å²) in [6.07, 6.45) is 1.11. The zero-order chi connectivity index (χ0) is 13.2. The topological polar surface area (TPSA) is 12.0 Å². The number of fused-ring (bicyclic) bond motifs is 1. The Kier molecular flexibility index (Phi) is 3.92. The maximum absolute atomic E-state index is 6.15. The molecule has 1 aliphatic rings. The van der Waals surface area contributed by atoms with Crippen molar-refractivity contribution in [2.75, 3.05) is 11.9 Å². The number of hydrogen-bond acceptors (Lipinski definition) is 2. The molecule has 98 valence electrons. The highest BCUT2D eigenvalue weighted by molar-refractivity contribution is 8.00. The number of halogens is 2. The fourth-order valence-corrected chi connectivity index (χ4v) is 3.95. The SMILES string of the molecule is Clc1ccc(NCC2Cc3ccccc3S2)c(Cl)c1. The van der Waals surface area contributed by atoms with Crippen molar-refractivity contribution >= 4 is 40.7 Å². The smallest absolute Gasteiger partial charge is 0.0652 e. The summed E-state index contributed by atoms with van der Waals surface area (Å²) in [4.78, 5) is 1.40. The zero-order valence-corrected chi connectivity index (χ0v) is 12.5. The van der Waals surface area contributed by atoms with Crippen molar-refractivity contribution in [3.05, 3.63) is 58.1 Å². The van der Waals surface area contributed by atoms with E-state index >= 15 is 0 Å². The minimum absolute atomic E-state index is 0.559. The highest BCUT2D eigenvalue weighted by Gasteiger charge is 2.21. The molecule has 0 spiro atoms. The van der Waals surface area contributed by atoms with Crippen molar-refractivity contribution in [1.29, 1.82) is 0 Å². The van der Waals surface area contributed by atoms with Gasteiger partial charge in [0, 0.05) is 21.7 Å². The van der Waals surface area contributed by atoms with Gasteiger partial charge in [-0.25, -0.2) is 0 Å². The van der Waals surface area contributed by atoms with Gasteiger partial charge in [-0.3, -0.25) is 0 Å². The summed E-state index contributed by atoms with van der Waals surface area (Å²) in [5.74, 6) is 0. The highest BCUT2D eigenvalue weighted by atomic mass is 35.5. The van der Waals surface area contributed by atoms with Crippen LogP contribution in [-0.2, 0) is 6.42 Å². The van der Waals surface area contributed by atoms with E-state index < -0.39 is 0 Å². The summed E-state index contributed by atoms with van der Waals surface area (Å²) in [6, 6.07) is 14.1. The average Bonchev–Trinajstić information content (AvgIpc) is 2.80. The first-order valence-electron chi connectivity index (χ1n) is 6.16. The second-order valence-electron chi connectivity index (χ2n) is 4.56. The van der Waals surface area contributed by atoms with Crippen molar-refractivity contribution in [3.63, 3.8) is 0 Å². The first-order valence-corrected chi connectivity index (χ1v) is 7.79. The Labute approximate surface area is 127 Å². The lowest BCUT2D eigenvalue weighted by Crippen LogP contribution is -2.15. The monoisotopic (exact) mass is 309 g/mol. The van der Waals surface area contributed by atoms with Gasteiger partial charge in [0.15, 0.2) is 0 Å². The van der Waals surface area contributed by atoms with E-state index in [4.69, 9.17) is 23.2 Å². The Morgan fingerprint density at radius 1 is 1.16 bits per heavy atom. The van der Waals surface area contributed by atoms with Gasteiger partial charge in [-0.2, -0.15) is 0 Å². The fraction of sp³-hybridized carbons (Fsp3) is 0.200. The molecule has 1 atom stereocenters. The van der Waals surface area contributed by atoms with Gasteiger partial charge in [-0.15, -0.1) is 11.8 Å². The third-order valence-corrected chi connectivity index (χ3v) is 5.03. The molecule has 0 aliphatic carbocycles. The summed E-state index contributed by atoms with van der Waals surface area (Å²) in [5, 5.41) is 5.30. The second kappa shape index (κ2) is 5.66. The molecule has 19 heavy (non-hydrogen) atoms. The van der Waals surface area contributed by atoms with Crippen LogP contribution in [0.15, 0.2) is 47.4 Å². The molecule has 1 aliphatic heterocycles. The van der Waals surface area contributed by atoms with Gasteiger partial charge in [0.25, 0.3) is 0 Å². The predicted octanol–water partition coefficient (Wildman–Crippen LogP) is 5.12. The number of hydrogen-bond donors (Lipinski definition) is 1. The standard InChI is InChI=1S/C15H13Cl2NS/c16-11-5-6-14(13(17)8-11)18-9-12-7-10-3-1-2-4-15(10)19-12/h1-6,8,12,18H,7,9H2. The van der Waals surface area contributed by atoms with Crippen molar-refractivity contribution in [2.45, 2.75) is 16.6 Å². The predicted molar refractivity (Wildman–Crippen MR) is 84.7 cm³/mol. The van der Waals surface area contributed by atoms with Gasteiger partial charge in [-0.05, 0) is 36.2 Å². The van der Waals surface area contributed by atoms with E-state index in [2.05, 4.69) is 29.6 Å². The summed E-state index contributed by atoms with van der Waals surface area (Å²) < 4.78 is 0. The Bertz CT molecular complexity index is 575. The lowest BCUT2D eigenvalue weighted by molar-refractivity contribution is 0.899. The lowest BCUT2D eigenvalue weighted by Gasteiger charge is -2.12. The Morgan fingerprint density at radius 3 is 2.79 bits per heavy atom. The Hall–Kier alpha value is -0.830. The van der Waals surface area contributed by atoms with Crippen LogP contribution in [0.3, 0.4) is 0 Å². The summed E-state index contributed by atoms with van der Waals surface area (Å²) in [7, 11) is 0. The number of benzene rings is 2. The molecule has 2 aromatic rings. The molecular weight excluding hydrogens is 297 g/mol. The van der Waals surface area contributed by atoms with Crippen molar-refractivity contribution in [1.82, 2.24) is 0 Å². The molecule has 3 rings (SSSR count). The van der Waals surface area contributed by atoms with Gasteiger partial charge in [0.05, 0.1) is 10.7 Å². The maximum atomic E-state index is 6.15. The second-order valence-corrected chi connectivity index (χ2v) is 6.74. The zero-order valence-electron chi connectivity index (χ0n) is 10.2. The molecule has 0 bridgehead atoms. The molecular formula is C15H13Cl2NS. The third-order valence-electron chi connectivity index (χ3n) is 3.17. The first kappa shape index (κ1) is 13.2. The lowest BCUT2D eigenvalue weighted by atomic mass is 10.1. The number of thioether (sulfide) groups is 1. The quantitative estimate of drug-likeness (QED) is 0.844. The van der Waals surface area contributed by atoms with Crippen LogP contribution < -0.4 is 5.32 Å². The van der Waals surface area contributed by atoms with Crippen LogP contribution in [0.2, 0.25) is 10.0 Å². The van der Waals surface area contributed by atoms with Gasteiger partial charge in [0.2, 0.25) is 0 Å². The van der Waals surface area contributed by atoms with Crippen LogP contribution in [0.5, 0.6) is 0 Å². The summed E-state index contributed by atoms with van der Waals surface area (Å²) in [6.45, 7) is 0.903. The molecule has 2 aromatic carbocycles. The third kappa shape index (κ3) is 3.02. The molecule has 1 heterocycles. The van der Waals surface area contributed by atoms with Crippen molar-refractivity contribution in [3.8, 4) is 0 Å². The van der Waals surface area contributed by atoms with Crippen LogP contribution in [-0.4, -0.2) is 11.8 Å². The fourth-order valence-electron chi connectivity index (χ4n) is 2.22. The number of anilines is 1. The van der Waals surface area contributed by atoms with E-state index in [1.807, 2.05) is 23.9 Å². The maximum Gasteiger partial charge on any atom is 0.0652 e. The normalized spacial score (nSPS) is 17.3. The van der Waals surface area contributed by atoms with E-state index in [-0.39, 0.29) is 0 Å². The van der Waals surface area contributed by atoms with Crippen LogP contribution in [0.25, 0.3) is 0 Å². The largest absolute Gasteiger partial charge is 0.383 e. The van der Waals surface area contributed by atoms with Gasteiger partial charge >= 0.3 is 0 Å². The molecule has 1 N–H and O–H groups in total. The van der Waals surface area contributed by atoms with Gasteiger partial charge < -0.3 is 5.32 Å². The Balaban J connectivity index is 1.63. The van der Waals surface area contributed by atoms with E-state index in [1.54, 1.807) is 6.07 Å². The Morgan fingerprint density at radius 2 is 2.00 bits per heavy atom. The molecule has 0 saturated heterocycles. The molecule has 1 nitrogen and oxygen atoms in total. The van der Waals surface area contributed by atoms with E-state index in [9.17, 15) is 0 Å². The van der Waals surface area contributed by atoms with Crippen LogP contribution in [0, 0.1) is 0 Å². The molecule has 0 fully saturated rings. The van der Waals surface area contributed by atoms with E-state index in [0.717, 1.165) is 18.7 Å².